The average Bonchev–Trinajstić information content (AvgIpc) is 2.49. The minimum Gasteiger partial charge on any atom is -0.330 e. The molecule has 0 spiro atoms. The van der Waals surface area contributed by atoms with Crippen molar-refractivity contribution in [1.82, 2.24) is 0 Å². The number of hydrogen-bond acceptors (Lipinski definition) is 1. The van der Waals surface area contributed by atoms with E-state index in [0.29, 0.717) is 11.0 Å². The predicted molar refractivity (Wildman–Crippen MR) is 85.3 cm³/mol. The van der Waals surface area contributed by atoms with E-state index in [1.165, 1.54) is 11.6 Å². The van der Waals surface area contributed by atoms with Crippen molar-refractivity contribution in [3.05, 3.63) is 69.9 Å². The van der Waals surface area contributed by atoms with Crippen molar-refractivity contribution in [3.8, 4) is 0 Å². The van der Waals surface area contributed by atoms with E-state index in [9.17, 15) is 4.39 Å². The molecule has 0 aliphatic carbocycles. The van der Waals surface area contributed by atoms with Crippen molar-refractivity contribution >= 4 is 15.9 Å². The van der Waals surface area contributed by atoms with Gasteiger partial charge in [-0.15, -0.1) is 0 Å². The molecule has 106 valence electrons. The first kappa shape index (κ1) is 15.2. The minimum atomic E-state index is -0.233. The molecule has 2 rings (SSSR count). The van der Waals surface area contributed by atoms with Crippen LogP contribution in [0.25, 0.3) is 0 Å². The summed E-state index contributed by atoms with van der Waals surface area (Å²) in [5.74, 6) is -0.233. The fourth-order valence-electron chi connectivity index (χ4n) is 2.60. The molecule has 2 aromatic rings. The molecule has 0 radical (unpaired) electrons. The fourth-order valence-corrected chi connectivity index (χ4v) is 3.02. The lowest BCUT2D eigenvalue weighted by molar-refractivity contribution is 0.418. The van der Waals surface area contributed by atoms with E-state index in [2.05, 4.69) is 35.0 Å². The summed E-state index contributed by atoms with van der Waals surface area (Å²) in [7, 11) is 0. The smallest absolute Gasteiger partial charge is 0.137 e. The Morgan fingerprint density at radius 2 is 1.85 bits per heavy atom. The summed E-state index contributed by atoms with van der Waals surface area (Å²) in [4.78, 5) is 0. The molecular weight excluding hydrogens is 317 g/mol. The highest BCUT2D eigenvalue weighted by Crippen LogP contribution is 2.32. The zero-order valence-electron chi connectivity index (χ0n) is 11.6. The molecule has 0 aliphatic heterocycles. The topological polar surface area (TPSA) is 26.0 Å². The molecule has 0 saturated carbocycles. The zero-order valence-corrected chi connectivity index (χ0v) is 13.2. The van der Waals surface area contributed by atoms with Gasteiger partial charge in [-0.2, -0.15) is 0 Å². The molecule has 2 N–H and O–H groups in total. The number of hydrogen-bond donors (Lipinski definition) is 1. The van der Waals surface area contributed by atoms with Gasteiger partial charge in [0, 0.05) is 12.0 Å². The Hall–Kier alpha value is -1.19. The molecule has 1 atom stereocenters. The van der Waals surface area contributed by atoms with Gasteiger partial charge in [0.15, 0.2) is 0 Å². The molecule has 1 nitrogen and oxygen atoms in total. The Labute approximate surface area is 128 Å². The van der Waals surface area contributed by atoms with Crippen molar-refractivity contribution < 1.29 is 4.39 Å². The molecule has 3 heteroatoms. The third kappa shape index (κ3) is 3.10. The second-order valence-corrected chi connectivity index (χ2v) is 5.98. The van der Waals surface area contributed by atoms with Crippen LogP contribution in [0.15, 0.2) is 53.0 Å². The minimum absolute atomic E-state index is 0.0987. The van der Waals surface area contributed by atoms with Gasteiger partial charge in [-0.25, -0.2) is 4.39 Å². The summed E-state index contributed by atoms with van der Waals surface area (Å²) in [5.41, 5.74) is 8.31. The second-order valence-electron chi connectivity index (χ2n) is 5.13. The first-order valence-corrected chi connectivity index (χ1v) is 7.60. The Morgan fingerprint density at radius 3 is 2.40 bits per heavy atom. The maximum absolute atomic E-state index is 13.3. The summed E-state index contributed by atoms with van der Waals surface area (Å²) in [6.45, 7) is 2.72. The number of halogens is 2. The van der Waals surface area contributed by atoms with Gasteiger partial charge in [-0.05, 0) is 52.0 Å². The van der Waals surface area contributed by atoms with E-state index in [1.807, 2.05) is 30.3 Å². The maximum atomic E-state index is 13.3. The summed E-state index contributed by atoms with van der Waals surface area (Å²) in [5, 5.41) is 0. The molecule has 0 bridgehead atoms. The Balaban J connectivity index is 2.36. The van der Waals surface area contributed by atoms with Crippen LogP contribution in [-0.4, -0.2) is 6.54 Å². The van der Waals surface area contributed by atoms with Crippen LogP contribution >= 0.6 is 15.9 Å². The highest BCUT2D eigenvalue weighted by Gasteiger charge is 2.29. The van der Waals surface area contributed by atoms with Crippen molar-refractivity contribution in [2.45, 2.75) is 25.2 Å². The predicted octanol–water partition coefficient (Wildman–Crippen LogP) is 4.44. The molecule has 0 saturated heterocycles. The van der Waals surface area contributed by atoms with Gasteiger partial charge in [-0.1, -0.05) is 43.3 Å². The van der Waals surface area contributed by atoms with Gasteiger partial charge in [-0.3, -0.25) is 0 Å². The van der Waals surface area contributed by atoms with Gasteiger partial charge < -0.3 is 5.73 Å². The molecule has 2 aromatic carbocycles. The maximum Gasteiger partial charge on any atom is 0.137 e. The largest absolute Gasteiger partial charge is 0.330 e. The summed E-state index contributed by atoms with van der Waals surface area (Å²) in [6, 6.07) is 15.5. The van der Waals surface area contributed by atoms with Crippen LogP contribution in [0.3, 0.4) is 0 Å². The molecule has 0 amide bonds. The standard InChI is InChI=1S/C17H19BrFN/c1-2-17(12-20,14-6-4-3-5-7-14)11-13-8-9-16(19)15(18)10-13/h3-10H,2,11-12,20H2,1H3. The first-order valence-electron chi connectivity index (χ1n) is 6.81. The van der Waals surface area contributed by atoms with Crippen molar-refractivity contribution in [1.29, 1.82) is 0 Å². The Kier molecular flexibility index (Phi) is 4.95. The number of rotatable bonds is 5. The quantitative estimate of drug-likeness (QED) is 0.858. The monoisotopic (exact) mass is 335 g/mol. The van der Waals surface area contributed by atoms with Crippen LogP contribution in [0, 0.1) is 5.82 Å². The van der Waals surface area contributed by atoms with Crippen molar-refractivity contribution in [3.63, 3.8) is 0 Å². The van der Waals surface area contributed by atoms with E-state index >= 15 is 0 Å². The summed E-state index contributed by atoms with van der Waals surface area (Å²) >= 11 is 3.25. The molecular formula is C17H19BrFN. The lowest BCUT2D eigenvalue weighted by Crippen LogP contribution is -2.36. The molecule has 1 unspecified atom stereocenters. The Bertz CT molecular complexity index is 564. The van der Waals surface area contributed by atoms with Crippen LogP contribution in [0.1, 0.15) is 24.5 Å². The van der Waals surface area contributed by atoms with Crippen LogP contribution in [0.4, 0.5) is 4.39 Å². The second kappa shape index (κ2) is 6.51. The molecule has 0 aromatic heterocycles. The highest BCUT2D eigenvalue weighted by atomic mass is 79.9. The van der Waals surface area contributed by atoms with Crippen LogP contribution < -0.4 is 5.73 Å². The third-order valence-corrected chi connectivity index (χ3v) is 4.59. The number of benzene rings is 2. The fraction of sp³-hybridized carbons (Fsp3) is 0.294. The summed E-state index contributed by atoms with van der Waals surface area (Å²) in [6.07, 6.45) is 1.76. The van der Waals surface area contributed by atoms with E-state index in [-0.39, 0.29) is 11.2 Å². The van der Waals surface area contributed by atoms with E-state index in [0.717, 1.165) is 18.4 Å². The lowest BCUT2D eigenvalue weighted by atomic mass is 9.73. The van der Waals surface area contributed by atoms with E-state index in [1.54, 1.807) is 0 Å². The molecule has 0 heterocycles. The van der Waals surface area contributed by atoms with E-state index in [4.69, 9.17) is 5.73 Å². The van der Waals surface area contributed by atoms with Crippen LogP contribution in [0.2, 0.25) is 0 Å². The SMILES string of the molecule is CCC(CN)(Cc1ccc(F)c(Br)c1)c1ccccc1. The lowest BCUT2D eigenvalue weighted by Gasteiger charge is -2.32. The summed E-state index contributed by atoms with van der Waals surface area (Å²) < 4.78 is 13.9. The van der Waals surface area contributed by atoms with Gasteiger partial charge >= 0.3 is 0 Å². The molecule has 0 aliphatic rings. The average molecular weight is 336 g/mol. The van der Waals surface area contributed by atoms with Crippen LogP contribution in [-0.2, 0) is 11.8 Å². The molecule has 0 fully saturated rings. The normalized spacial score (nSPS) is 14.0. The number of nitrogens with two attached hydrogens (primary N) is 1. The van der Waals surface area contributed by atoms with E-state index < -0.39 is 0 Å². The molecule has 20 heavy (non-hydrogen) atoms. The van der Waals surface area contributed by atoms with Gasteiger partial charge in [0.05, 0.1) is 4.47 Å². The zero-order chi connectivity index (χ0) is 14.6. The van der Waals surface area contributed by atoms with Gasteiger partial charge in [0.1, 0.15) is 5.82 Å². The van der Waals surface area contributed by atoms with Crippen molar-refractivity contribution in [2.24, 2.45) is 5.73 Å². The third-order valence-electron chi connectivity index (χ3n) is 3.98. The van der Waals surface area contributed by atoms with Crippen molar-refractivity contribution in [2.75, 3.05) is 6.54 Å². The first-order chi connectivity index (χ1) is 9.61. The highest BCUT2D eigenvalue weighted by molar-refractivity contribution is 9.10. The Morgan fingerprint density at radius 1 is 1.15 bits per heavy atom. The van der Waals surface area contributed by atoms with Gasteiger partial charge in [0.2, 0.25) is 0 Å². The van der Waals surface area contributed by atoms with Gasteiger partial charge in [0.25, 0.3) is 0 Å². The van der Waals surface area contributed by atoms with Crippen LogP contribution in [0.5, 0.6) is 0 Å².